The third-order valence-corrected chi connectivity index (χ3v) is 3.66. The number of rotatable bonds is 8. The second kappa shape index (κ2) is 9.56. The number of ether oxygens (including phenoxy) is 3. The Morgan fingerprint density at radius 1 is 1.15 bits per heavy atom. The van der Waals surface area contributed by atoms with E-state index >= 15 is 0 Å². The molecular weight excluding hydrogens is 360 g/mol. The van der Waals surface area contributed by atoms with Crippen molar-refractivity contribution in [1.29, 1.82) is 0 Å². The number of alkyl halides is 2. The van der Waals surface area contributed by atoms with Crippen LogP contribution in [0.25, 0.3) is 0 Å². The number of carbonyl (C=O) groups is 1. The lowest BCUT2D eigenvalue weighted by Crippen LogP contribution is -2.36. The van der Waals surface area contributed by atoms with Crippen molar-refractivity contribution in [3.63, 3.8) is 0 Å². The summed E-state index contributed by atoms with van der Waals surface area (Å²) in [6, 6.07) is 7.74. The number of benzene rings is 1. The van der Waals surface area contributed by atoms with Gasteiger partial charge in [-0.15, -0.1) is 0 Å². The first-order valence-corrected chi connectivity index (χ1v) is 8.02. The van der Waals surface area contributed by atoms with E-state index in [0.29, 0.717) is 18.0 Å². The van der Waals surface area contributed by atoms with Crippen molar-refractivity contribution >= 4 is 6.03 Å². The van der Waals surface area contributed by atoms with E-state index in [4.69, 9.17) is 9.47 Å². The normalized spacial score (nSPS) is 10.4. The number of hydrogen-bond donors (Lipinski definition) is 1. The van der Waals surface area contributed by atoms with E-state index in [1.165, 1.54) is 25.2 Å². The molecular formula is C18H21F2N3O4. The van der Waals surface area contributed by atoms with Gasteiger partial charge in [0.1, 0.15) is 0 Å². The summed E-state index contributed by atoms with van der Waals surface area (Å²) in [6.07, 6.45) is 1.60. The van der Waals surface area contributed by atoms with Gasteiger partial charge in [0.05, 0.1) is 14.2 Å². The van der Waals surface area contributed by atoms with E-state index in [1.54, 1.807) is 37.5 Å². The van der Waals surface area contributed by atoms with Crippen molar-refractivity contribution in [3.8, 4) is 17.4 Å². The van der Waals surface area contributed by atoms with E-state index in [9.17, 15) is 13.6 Å². The second-order valence-electron chi connectivity index (χ2n) is 5.58. The zero-order valence-electron chi connectivity index (χ0n) is 15.2. The summed E-state index contributed by atoms with van der Waals surface area (Å²) in [5.41, 5.74) is 1.55. The molecule has 0 fully saturated rings. The van der Waals surface area contributed by atoms with Gasteiger partial charge in [-0.25, -0.2) is 9.78 Å². The van der Waals surface area contributed by atoms with Gasteiger partial charge in [0.2, 0.25) is 5.88 Å². The Balaban J connectivity index is 1.95. The highest BCUT2D eigenvalue weighted by atomic mass is 19.3. The Kier molecular flexibility index (Phi) is 7.16. The second-order valence-corrected chi connectivity index (χ2v) is 5.58. The third kappa shape index (κ3) is 5.98. The van der Waals surface area contributed by atoms with Crippen LogP contribution in [0.3, 0.4) is 0 Å². The van der Waals surface area contributed by atoms with Gasteiger partial charge >= 0.3 is 12.6 Å². The van der Waals surface area contributed by atoms with Gasteiger partial charge < -0.3 is 24.4 Å². The lowest BCUT2D eigenvalue weighted by Gasteiger charge is -2.19. The summed E-state index contributed by atoms with van der Waals surface area (Å²) < 4.78 is 39.2. The van der Waals surface area contributed by atoms with Crippen LogP contribution in [-0.2, 0) is 13.1 Å². The van der Waals surface area contributed by atoms with Crippen molar-refractivity contribution < 1.29 is 27.8 Å². The molecule has 1 N–H and O–H groups in total. The first-order valence-electron chi connectivity index (χ1n) is 8.02. The van der Waals surface area contributed by atoms with Crippen LogP contribution in [0.1, 0.15) is 11.1 Å². The van der Waals surface area contributed by atoms with Crippen molar-refractivity contribution in [2.75, 3.05) is 21.3 Å². The van der Waals surface area contributed by atoms with Gasteiger partial charge in [-0.05, 0) is 29.3 Å². The Hall–Kier alpha value is -3.10. The van der Waals surface area contributed by atoms with Crippen LogP contribution >= 0.6 is 0 Å². The number of aromatic nitrogens is 1. The van der Waals surface area contributed by atoms with E-state index in [1.807, 2.05) is 0 Å². The summed E-state index contributed by atoms with van der Waals surface area (Å²) >= 11 is 0. The molecule has 0 aliphatic heterocycles. The summed E-state index contributed by atoms with van der Waals surface area (Å²) in [5, 5.41) is 2.78. The molecule has 0 unspecified atom stereocenters. The molecule has 27 heavy (non-hydrogen) atoms. The Bertz CT molecular complexity index is 774. The molecule has 1 aromatic carbocycles. The highest BCUT2D eigenvalue weighted by Gasteiger charge is 2.14. The highest BCUT2D eigenvalue weighted by molar-refractivity contribution is 5.73. The number of carbonyl (C=O) groups excluding carboxylic acids is 1. The molecule has 7 nitrogen and oxygen atoms in total. The van der Waals surface area contributed by atoms with E-state index < -0.39 is 6.61 Å². The average molecular weight is 381 g/mol. The van der Waals surface area contributed by atoms with E-state index in [0.717, 1.165) is 5.56 Å². The van der Waals surface area contributed by atoms with Crippen LogP contribution in [-0.4, -0.2) is 43.8 Å². The van der Waals surface area contributed by atoms with Crippen LogP contribution < -0.4 is 19.5 Å². The molecule has 1 heterocycles. The fourth-order valence-electron chi connectivity index (χ4n) is 2.33. The zero-order valence-corrected chi connectivity index (χ0v) is 15.2. The molecule has 1 aromatic heterocycles. The van der Waals surface area contributed by atoms with Crippen molar-refractivity contribution in [1.82, 2.24) is 15.2 Å². The number of methoxy groups -OCH3 is 2. The molecule has 0 aliphatic rings. The van der Waals surface area contributed by atoms with Gasteiger partial charge in [-0.3, -0.25) is 0 Å². The molecule has 0 spiro atoms. The molecule has 0 bridgehead atoms. The molecule has 0 radical (unpaired) electrons. The molecule has 9 heteroatoms. The Morgan fingerprint density at radius 2 is 1.93 bits per heavy atom. The fraction of sp³-hybridized carbons (Fsp3) is 0.333. The minimum Gasteiger partial charge on any atom is -0.493 e. The molecule has 0 saturated carbocycles. The van der Waals surface area contributed by atoms with Gasteiger partial charge in [0, 0.05) is 32.4 Å². The summed E-state index contributed by atoms with van der Waals surface area (Å²) in [6.45, 7) is -2.37. The topological polar surface area (TPSA) is 72.9 Å². The van der Waals surface area contributed by atoms with E-state index in [2.05, 4.69) is 15.0 Å². The van der Waals surface area contributed by atoms with Crippen molar-refractivity contribution in [3.05, 3.63) is 47.7 Å². The van der Waals surface area contributed by atoms with Crippen molar-refractivity contribution in [2.24, 2.45) is 0 Å². The summed E-state index contributed by atoms with van der Waals surface area (Å²) in [7, 11) is 4.50. The molecule has 0 aliphatic carbocycles. The Morgan fingerprint density at radius 3 is 2.59 bits per heavy atom. The standard InChI is InChI=1S/C18H21F2N3O4/c1-23(18(24)22-10-12-6-7-21-16(9-12)26-3)11-13-4-5-14(27-17(19)20)15(8-13)25-2/h4-9,17H,10-11H2,1-3H3,(H,22,24). The quantitative estimate of drug-likeness (QED) is 0.761. The van der Waals surface area contributed by atoms with Crippen LogP contribution in [0.5, 0.6) is 17.4 Å². The molecule has 0 saturated heterocycles. The van der Waals surface area contributed by atoms with Crippen LogP contribution in [0.4, 0.5) is 13.6 Å². The van der Waals surface area contributed by atoms with Gasteiger partial charge in [0.25, 0.3) is 0 Å². The van der Waals surface area contributed by atoms with E-state index in [-0.39, 0.29) is 24.1 Å². The number of nitrogens with zero attached hydrogens (tertiary/aromatic N) is 2. The van der Waals surface area contributed by atoms with Crippen molar-refractivity contribution in [2.45, 2.75) is 19.7 Å². The van der Waals surface area contributed by atoms with Gasteiger partial charge in [-0.2, -0.15) is 8.78 Å². The lowest BCUT2D eigenvalue weighted by molar-refractivity contribution is -0.0512. The number of pyridine rings is 1. The first-order chi connectivity index (χ1) is 12.9. The SMILES string of the molecule is COc1cc(CNC(=O)N(C)Cc2ccc(OC(F)F)c(OC)c2)ccn1. The molecule has 2 rings (SSSR count). The van der Waals surface area contributed by atoms with Gasteiger partial charge in [-0.1, -0.05) is 6.07 Å². The minimum absolute atomic E-state index is 0.0602. The number of amides is 2. The molecule has 2 amide bonds. The number of urea groups is 1. The number of nitrogens with one attached hydrogen (secondary N) is 1. The molecule has 0 atom stereocenters. The number of hydrogen-bond acceptors (Lipinski definition) is 5. The van der Waals surface area contributed by atoms with Crippen LogP contribution in [0, 0.1) is 0 Å². The number of halogens is 2. The van der Waals surface area contributed by atoms with Gasteiger partial charge in [0.15, 0.2) is 11.5 Å². The fourth-order valence-corrected chi connectivity index (χ4v) is 2.33. The predicted octanol–water partition coefficient (Wildman–Crippen LogP) is 3.04. The molecule has 2 aromatic rings. The predicted molar refractivity (Wildman–Crippen MR) is 94.1 cm³/mol. The minimum atomic E-state index is -2.94. The Labute approximate surface area is 155 Å². The smallest absolute Gasteiger partial charge is 0.387 e. The summed E-state index contributed by atoms with van der Waals surface area (Å²) in [5.74, 6) is 0.578. The largest absolute Gasteiger partial charge is 0.493 e. The maximum atomic E-state index is 12.4. The average Bonchev–Trinajstić information content (AvgIpc) is 2.66. The third-order valence-electron chi connectivity index (χ3n) is 3.66. The summed E-state index contributed by atoms with van der Waals surface area (Å²) in [4.78, 5) is 17.7. The first kappa shape index (κ1) is 20.2. The lowest BCUT2D eigenvalue weighted by atomic mass is 10.2. The monoisotopic (exact) mass is 381 g/mol. The zero-order chi connectivity index (χ0) is 19.8. The maximum absolute atomic E-state index is 12.4. The van der Waals surface area contributed by atoms with Crippen LogP contribution in [0.15, 0.2) is 36.5 Å². The maximum Gasteiger partial charge on any atom is 0.387 e. The van der Waals surface area contributed by atoms with Crippen LogP contribution in [0.2, 0.25) is 0 Å². The molecule has 146 valence electrons. The highest BCUT2D eigenvalue weighted by Crippen LogP contribution is 2.29.